The highest BCUT2D eigenvalue weighted by atomic mass is 16.3. The lowest BCUT2D eigenvalue weighted by molar-refractivity contribution is 0.0740. The summed E-state index contributed by atoms with van der Waals surface area (Å²) in [7, 11) is 0. The average Bonchev–Trinajstić information content (AvgIpc) is 3.02. The highest BCUT2D eigenvalue weighted by molar-refractivity contribution is 5.92. The van der Waals surface area contributed by atoms with Gasteiger partial charge in [0.1, 0.15) is 6.26 Å². The van der Waals surface area contributed by atoms with E-state index in [-0.39, 0.29) is 5.91 Å². The van der Waals surface area contributed by atoms with Crippen molar-refractivity contribution < 1.29 is 9.21 Å². The first-order valence-electron chi connectivity index (χ1n) is 6.04. The van der Waals surface area contributed by atoms with Crippen LogP contribution >= 0.6 is 0 Å². The van der Waals surface area contributed by atoms with Crippen LogP contribution in [0.4, 0.5) is 5.95 Å². The average molecular weight is 259 g/mol. The quantitative estimate of drug-likeness (QED) is 0.778. The van der Waals surface area contributed by atoms with Gasteiger partial charge in [0, 0.05) is 38.6 Å². The first-order valence-corrected chi connectivity index (χ1v) is 6.04. The highest BCUT2D eigenvalue weighted by Gasteiger charge is 2.24. The van der Waals surface area contributed by atoms with Crippen molar-refractivity contribution >= 4 is 11.9 Å². The molecule has 1 amide bonds. The van der Waals surface area contributed by atoms with E-state index in [9.17, 15) is 4.79 Å². The predicted octanol–water partition coefficient (Wildman–Crippen LogP) is 0.427. The molecule has 0 atom stereocenters. The first-order chi connectivity index (χ1) is 9.34. The molecule has 3 rings (SSSR count). The maximum atomic E-state index is 12.1. The van der Waals surface area contributed by atoms with Gasteiger partial charge in [-0.25, -0.2) is 15.0 Å². The van der Waals surface area contributed by atoms with Gasteiger partial charge < -0.3 is 14.2 Å². The van der Waals surface area contributed by atoms with Gasteiger partial charge in [0.2, 0.25) is 5.95 Å². The fourth-order valence-electron chi connectivity index (χ4n) is 2.04. The number of piperazine rings is 1. The van der Waals surface area contributed by atoms with Crippen LogP contribution in [-0.2, 0) is 0 Å². The molecule has 0 unspecified atom stereocenters. The maximum absolute atomic E-state index is 12.1. The van der Waals surface area contributed by atoms with Crippen molar-refractivity contribution in [2.45, 2.75) is 0 Å². The van der Waals surface area contributed by atoms with Crippen LogP contribution in [0.25, 0.3) is 0 Å². The largest absolute Gasteiger partial charge is 0.451 e. The van der Waals surface area contributed by atoms with E-state index in [4.69, 9.17) is 4.42 Å². The van der Waals surface area contributed by atoms with Crippen LogP contribution in [0.15, 0.2) is 35.5 Å². The molecule has 1 saturated heterocycles. The van der Waals surface area contributed by atoms with E-state index in [0.29, 0.717) is 37.8 Å². The Morgan fingerprint density at radius 3 is 2.47 bits per heavy atom. The molecule has 7 nitrogen and oxygen atoms in total. The van der Waals surface area contributed by atoms with E-state index >= 15 is 0 Å². The summed E-state index contributed by atoms with van der Waals surface area (Å²) in [5, 5.41) is 0. The Kier molecular flexibility index (Phi) is 3.09. The number of carbonyl (C=O) groups is 1. The Balaban J connectivity index is 1.62. The molecule has 0 N–H and O–H groups in total. The van der Waals surface area contributed by atoms with Gasteiger partial charge in [-0.2, -0.15) is 0 Å². The third-order valence-electron chi connectivity index (χ3n) is 3.05. The number of aromatic nitrogens is 3. The number of carbonyl (C=O) groups excluding carboxylic acids is 1. The molecule has 0 aromatic carbocycles. The van der Waals surface area contributed by atoms with Crippen LogP contribution in [0.2, 0.25) is 0 Å². The Morgan fingerprint density at radius 2 is 1.84 bits per heavy atom. The summed E-state index contributed by atoms with van der Waals surface area (Å²) in [6.07, 6.45) is 6.07. The van der Waals surface area contributed by atoms with Crippen molar-refractivity contribution in [2.75, 3.05) is 31.1 Å². The molecule has 0 radical (unpaired) electrons. The zero-order valence-corrected chi connectivity index (χ0v) is 10.3. The molecular formula is C12H13N5O2. The zero-order valence-electron chi connectivity index (χ0n) is 10.3. The number of anilines is 1. The van der Waals surface area contributed by atoms with Gasteiger partial charge in [0.25, 0.3) is 5.91 Å². The fourth-order valence-corrected chi connectivity index (χ4v) is 2.04. The smallest absolute Gasteiger partial charge is 0.275 e. The standard InChI is InChI=1S/C12H13N5O2/c18-11(10-8-19-9-15-10)16-4-6-17(7-5-16)12-13-2-1-3-14-12/h1-3,8-9H,4-7H2. The molecule has 0 aliphatic carbocycles. The molecule has 0 saturated carbocycles. The van der Waals surface area contributed by atoms with E-state index in [1.165, 1.54) is 12.7 Å². The third-order valence-corrected chi connectivity index (χ3v) is 3.05. The lowest BCUT2D eigenvalue weighted by Crippen LogP contribution is -2.49. The Hall–Kier alpha value is -2.44. The van der Waals surface area contributed by atoms with Crippen molar-refractivity contribution in [3.05, 3.63) is 36.8 Å². The Bertz CT molecular complexity index is 535. The van der Waals surface area contributed by atoms with Crippen molar-refractivity contribution in [3.8, 4) is 0 Å². The first kappa shape index (κ1) is 11.6. The van der Waals surface area contributed by atoms with Crippen molar-refractivity contribution in [3.63, 3.8) is 0 Å². The molecule has 7 heteroatoms. The minimum absolute atomic E-state index is 0.0950. The molecule has 1 aliphatic rings. The molecule has 0 spiro atoms. The summed E-state index contributed by atoms with van der Waals surface area (Å²) < 4.78 is 4.83. The van der Waals surface area contributed by atoms with Crippen LogP contribution in [0.5, 0.6) is 0 Å². The monoisotopic (exact) mass is 259 g/mol. The van der Waals surface area contributed by atoms with Gasteiger partial charge in [0.05, 0.1) is 0 Å². The normalized spacial score (nSPS) is 15.6. The summed E-state index contributed by atoms with van der Waals surface area (Å²) in [6.45, 7) is 2.69. The number of hydrogen-bond donors (Lipinski definition) is 0. The van der Waals surface area contributed by atoms with Crippen LogP contribution in [0.1, 0.15) is 10.5 Å². The molecule has 2 aromatic heterocycles. The minimum Gasteiger partial charge on any atom is -0.451 e. The van der Waals surface area contributed by atoms with E-state index in [2.05, 4.69) is 19.9 Å². The summed E-state index contributed by atoms with van der Waals surface area (Å²) in [6, 6.07) is 1.79. The van der Waals surface area contributed by atoms with Gasteiger partial charge in [0.15, 0.2) is 12.1 Å². The molecule has 1 aliphatic heterocycles. The number of amides is 1. The highest BCUT2D eigenvalue weighted by Crippen LogP contribution is 2.11. The van der Waals surface area contributed by atoms with Crippen LogP contribution in [0, 0.1) is 0 Å². The van der Waals surface area contributed by atoms with Crippen LogP contribution in [-0.4, -0.2) is 51.9 Å². The second kappa shape index (κ2) is 5.05. The maximum Gasteiger partial charge on any atom is 0.275 e. The van der Waals surface area contributed by atoms with E-state index in [1.807, 2.05) is 0 Å². The van der Waals surface area contributed by atoms with Crippen molar-refractivity contribution in [1.29, 1.82) is 0 Å². The van der Waals surface area contributed by atoms with E-state index < -0.39 is 0 Å². The Labute approximate surface area is 109 Å². The van der Waals surface area contributed by atoms with Gasteiger partial charge >= 0.3 is 0 Å². The summed E-state index contributed by atoms with van der Waals surface area (Å²) >= 11 is 0. The summed E-state index contributed by atoms with van der Waals surface area (Å²) in [5.74, 6) is 0.610. The lowest BCUT2D eigenvalue weighted by atomic mass is 10.3. The van der Waals surface area contributed by atoms with Gasteiger partial charge in [-0.05, 0) is 6.07 Å². The van der Waals surface area contributed by atoms with Crippen LogP contribution in [0.3, 0.4) is 0 Å². The number of rotatable bonds is 2. The predicted molar refractivity (Wildman–Crippen MR) is 66.7 cm³/mol. The van der Waals surface area contributed by atoms with Crippen molar-refractivity contribution in [2.24, 2.45) is 0 Å². The van der Waals surface area contributed by atoms with Gasteiger partial charge in [-0.3, -0.25) is 4.79 Å². The number of oxazole rings is 1. The van der Waals surface area contributed by atoms with Gasteiger partial charge in [-0.1, -0.05) is 0 Å². The minimum atomic E-state index is -0.0950. The zero-order chi connectivity index (χ0) is 13.1. The fraction of sp³-hybridized carbons (Fsp3) is 0.333. The number of hydrogen-bond acceptors (Lipinski definition) is 6. The summed E-state index contributed by atoms with van der Waals surface area (Å²) in [5.41, 5.74) is 0.351. The SMILES string of the molecule is O=C(c1cocn1)N1CCN(c2ncccn2)CC1. The molecule has 98 valence electrons. The molecule has 19 heavy (non-hydrogen) atoms. The topological polar surface area (TPSA) is 75.4 Å². The number of nitrogens with zero attached hydrogens (tertiary/aromatic N) is 5. The molecule has 0 bridgehead atoms. The molecule has 2 aromatic rings. The molecule has 3 heterocycles. The van der Waals surface area contributed by atoms with Gasteiger partial charge in [-0.15, -0.1) is 0 Å². The molecular weight excluding hydrogens is 246 g/mol. The van der Waals surface area contributed by atoms with Crippen molar-refractivity contribution in [1.82, 2.24) is 19.9 Å². The second-order valence-electron chi connectivity index (χ2n) is 4.20. The van der Waals surface area contributed by atoms with Crippen LogP contribution < -0.4 is 4.90 Å². The third kappa shape index (κ3) is 2.40. The van der Waals surface area contributed by atoms with E-state index in [0.717, 1.165) is 0 Å². The Morgan fingerprint density at radius 1 is 1.11 bits per heavy atom. The summed E-state index contributed by atoms with van der Waals surface area (Å²) in [4.78, 5) is 28.2. The molecule has 1 fully saturated rings. The van der Waals surface area contributed by atoms with E-state index in [1.54, 1.807) is 23.4 Å². The lowest BCUT2D eigenvalue weighted by Gasteiger charge is -2.34. The second-order valence-corrected chi connectivity index (χ2v) is 4.20.